The van der Waals surface area contributed by atoms with Crippen LogP contribution in [0.4, 0.5) is 0 Å². The molecule has 0 aliphatic carbocycles. The van der Waals surface area contributed by atoms with Crippen LogP contribution in [0.25, 0.3) is 86.2 Å². The number of benzene rings is 6. The minimum absolute atomic E-state index is 0.221. The van der Waals surface area contributed by atoms with Gasteiger partial charge in [-0.15, -0.1) is 0 Å². The van der Waals surface area contributed by atoms with Crippen molar-refractivity contribution in [3.05, 3.63) is 98.5 Å². The average molecular weight is 890 g/mol. The van der Waals surface area contributed by atoms with E-state index in [1.807, 2.05) is 31.2 Å². The van der Waals surface area contributed by atoms with Crippen LogP contribution < -0.4 is 33.4 Å². The predicted molar refractivity (Wildman–Crippen MR) is 277 cm³/mol. The number of hydrogen-bond donors (Lipinski definition) is 0. The molecule has 0 aliphatic heterocycles. The number of unbranched alkanes of at least 4 members (excludes halogenated alkanes) is 12. The summed E-state index contributed by atoms with van der Waals surface area (Å²) in [4.78, 5) is 90.0. The normalized spacial score (nSPS) is 12.8. The summed E-state index contributed by atoms with van der Waals surface area (Å²) in [6.45, 7) is 10.9. The van der Waals surface area contributed by atoms with Crippen LogP contribution in [0.15, 0.2) is 65.2 Å². The van der Waals surface area contributed by atoms with Crippen LogP contribution in [0.5, 0.6) is 0 Å². The van der Waals surface area contributed by atoms with Crippen molar-refractivity contribution < 1.29 is 0 Å². The van der Waals surface area contributed by atoms with E-state index in [0.717, 1.165) is 139 Å². The van der Waals surface area contributed by atoms with Crippen LogP contribution in [0.3, 0.4) is 0 Å². The van der Waals surface area contributed by atoms with Crippen LogP contribution in [0.2, 0.25) is 0 Å². The molecule has 0 radical (unpaired) electrons. The van der Waals surface area contributed by atoms with Crippen molar-refractivity contribution in [2.75, 3.05) is 0 Å². The Morgan fingerprint density at radius 2 is 0.636 bits per heavy atom. The van der Waals surface area contributed by atoms with Gasteiger partial charge in [0, 0.05) is 50.9 Å². The van der Waals surface area contributed by atoms with E-state index in [4.69, 9.17) is 0 Å². The first kappa shape index (κ1) is 45.7. The Kier molecular flexibility index (Phi) is 13.2. The molecule has 0 atom stereocenters. The van der Waals surface area contributed by atoms with E-state index in [1.54, 1.807) is 12.1 Å². The van der Waals surface area contributed by atoms with Gasteiger partial charge in [-0.05, 0) is 99.5 Å². The Morgan fingerprint density at radius 3 is 0.970 bits per heavy atom. The van der Waals surface area contributed by atoms with Crippen LogP contribution in [0, 0.1) is 0 Å². The molecule has 0 N–H and O–H groups in total. The molecule has 0 saturated heterocycles. The largest absolute Gasteiger partial charge is 0.274 e. The Balaban J connectivity index is 1.40. The highest BCUT2D eigenvalue weighted by molar-refractivity contribution is 6.48. The predicted octanol–water partition coefficient (Wildman–Crippen LogP) is 13.0. The topological polar surface area (TPSA) is 117 Å². The lowest BCUT2D eigenvalue weighted by atomic mass is 9.81. The number of fused-ring (bicyclic) bond motifs is 4. The second-order valence-electron chi connectivity index (χ2n) is 19.7. The highest BCUT2D eigenvalue weighted by Crippen LogP contribution is 2.50. The van der Waals surface area contributed by atoms with E-state index in [1.165, 1.54) is 13.7 Å². The zero-order valence-electron chi connectivity index (χ0n) is 40.0. The van der Waals surface area contributed by atoms with Gasteiger partial charge in [0.2, 0.25) is 0 Å². The van der Waals surface area contributed by atoms with Crippen molar-refractivity contribution in [2.24, 2.45) is 0 Å². The van der Waals surface area contributed by atoms with E-state index in [2.05, 4.69) is 27.7 Å². The number of rotatable bonds is 24. The monoisotopic (exact) mass is 890 g/mol. The molecule has 0 fully saturated rings. The quantitative estimate of drug-likeness (QED) is 0.0339. The average Bonchev–Trinajstić information content (AvgIpc) is 3.57. The fourth-order valence-corrected chi connectivity index (χ4v) is 12.1. The lowest BCUT2D eigenvalue weighted by Crippen LogP contribution is -2.37. The molecule has 9 aromatic rings. The van der Waals surface area contributed by atoms with E-state index in [-0.39, 0.29) is 51.6 Å². The maximum atomic E-state index is 15.2. The highest BCUT2D eigenvalue weighted by Gasteiger charge is 2.31. The lowest BCUT2D eigenvalue weighted by molar-refractivity contribution is 0.384. The van der Waals surface area contributed by atoms with Gasteiger partial charge in [-0.25, -0.2) is 0 Å². The lowest BCUT2D eigenvalue weighted by Gasteiger charge is -2.24. The van der Waals surface area contributed by atoms with Gasteiger partial charge in [-0.1, -0.05) is 149 Å². The standard InChI is InChI=1S/C57H67N3O6/c1-6-11-15-19-23-34(24-20-16-12-7-2)59-52(61)38-29-27-36-37-28-30-39-45-43(55(64)60(53(39)62)35(25-21-17-13-8-3)26-22-18-14-9-4)33-41-49(47(37)45)48-40(32-42(54(59)63)44(38)46(36)48)50-51(41)57(66)58(31-10-5)56(50)65/h27-30,32-35H,6-26,31H2,1-5H3. The number of hydrogen-bond acceptors (Lipinski definition) is 6. The SMILES string of the molecule is CCCCCCC(CCCCCC)n1c(=O)c2ccc3c4ccc5c(=O)n(C(CCCCCC)CCCCCC)c(=O)c6cc7c8c(=O)n(CCC)c(=O)c8c8cc(c1=O)c2c3c8c7c4c56. The third-order valence-corrected chi connectivity index (χ3v) is 15.4. The zero-order valence-corrected chi connectivity index (χ0v) is 40.0. The third kappa shape index (κ3) is 7.25. The van der Waals surface area contributed by atoms with Gasteiger partial charge in [0.05, 0.1) is 10.8 Å². The molecule has 0 amide bonds. The first-order valence-electron chi connectivity index (χ1n) is 25.8. The van der Waals surface area contributed by atoms with Gasteiger partial charge in [-0.3, -0.25) is 42.5 Å². The van der Waals surface area contributed by atoms with Gasteiger partial charge in [0.25, 0.3) is 33.4 Å². The number of pyridine rings is 2. The van der Waals surface area contributed by atoms with Crippen molar-refractivity contribution in [3.8, 4) is 0 Å². The fourth-order valence-electron chi connectivity index (χ4n) is 12.1. The Labute approximate surface area is 385 Å². The molecule has 3 aromatic heterocycles. The van der Waals surface area contributed by atoms with Gasteiger partial charge < -0.3 is 0 Å². The van der Waals surface area contributed by atoms with Crippen LogP contribution >= 0.6 is 0 Å². The molecule has 0 saturated carbocycles. The van der Waals surface area contributed by atoms with Gasteiger partial charge in [0.1, 0.15) is 0 Å². The highest BCUT2D eigenvalue weighted by atomic mass is 16.2. The van der Waals surface area contributed by atoms with Crippen molar-refractivity contribution >= 4 is 86.2 Å². The fraction of sp³-hybridized carbons (Fsp3) is 0.509. The Morgan fingerprint density at radius 1 is 0.318 bits per heavy atom. The smallest absolute Gasteiger partial charge is 0.262 e. The molecule has 346 valence electrons. The van der Waals surface area contributed by atoms with Gasteiger partial charge >= 0.3 is 0 Å². The van der Waals surface area contributed by atoms with Crippen LogP contribution in [-0.4, -0.2) is 13.7 Å². The second kappa shape index (κ2) is 19.0. The first-order chi connectivity index (χ1) is 32.1. The Bertz CT molecular complexity index is 3290. The molecule has 9 nitrogen and oxygen atoms in total. The second-order valence-corrected chi connectivity index (χ2v) is 19.7. The molecule has 0 unspecified atom stereocenters. The molecular weight excluding hydrogens is 823 g/mol. The minimum Gasteiger partial charge on any atom is -0.274 e. The van der Waals surface area contributed by atoms with Crippen molar-refractivity contribution in [3.63, 3.8) is 0 Å². The molecule has 0 aliphatic rings. The van der Waals surface area contributed by atoms with Gasteiger partial charge in [0.15, 0.2) is 0 Å². The van der Waals surface area contributed by atoms with Crippen molar-refractivity contribution in [1.82, 2.24) is 13.7 Å². The van der Waals surface area contributed by atoms with E-state index in [0.29, 0.717) is 71.1 Å². The van der Waals surface area contributed by atoms with Crippen molar-refractivity contribution in [1.29, 1.82) is 0 Å². The molecule has 3 heterocycles. The summed E-state index contributed by atoms with van der Waals surface area (Å²) < 4.78 is 4.34. The van der Waals surface area contributed by atoms with E-state index in [9.17, 15) is 19.2 Å². The van der Waals surface area contributed by atoms with Crippen LogP contribution in [-0.2, 0) is 6.54 Å². The Hall–Kier alpha value is -5.44. The summed E-state index contributed by atoms with van der Waals surface area (Å²) in [5.41, 5.74) is -2.13. The molecule has 66 heavy (non-hydrogen) atoms. The third-order valence-electron chi connectivity index (χ3n) is 15.4. The van der Waals surface area contributed by atoms with Crippen molar-refractivity contribution in [2.45, 2.75) is 188 Å². The zero-order chi connectivity index (χ0) is 46.4. The molecule has 0 bridgehead atoms. The van der Waals surface area contributed by atoms with Crippen LogP contribution in [0.1, 0.15) is 182 Å². The summed E-state index contributed by atoms with van der Waals surface area (Å²) in [5, 5.41) is 8.61. The summed E-state index contributed by atoms with van der Waals surface area (Å²) in [5.74, 6) is 0. The number of nitrogens with zero attached hydrogens (tertiary/aromatic N) is 3. The summed E-state index contributed by atoms with van der Waals surface area (Å²) >= 11 is 0. The summed E-state index contributed by atoms with van der Waals surface area (Å²) in [6.07, 6.45) is 20.1. The molecule has 9 heteroatoms. The molecule has 0 spiro atoms. The number of aromatic nitrogens is 3. The maximum Gasteiger partial charge on any atom is 0.262 e. The maximum absolute atomic E-state index is 15.2. The molecule has 6 aromatic carbocycles. The molecule has 9 rings (SSSR count). The summed E-state index contributed by atoms with van der Waals surface area (Å²) in [7, 11) is 0. The molecular formula is C57H67N3O6. The summed E-state index contributed by atoms with van der Waals surface area (Å²) in [6, 6.07) is 10.7. The first-order valence-corrected chi connectivity index (χ1v) is 25.8. The minimum atomic E-state index is -0.417. The van der Waals surface area contributed by atoms with Gasteiger partial charge in [-0.2, -0.15) is 0 Å². The van der Waals surface area contributed by atoms with E-state index >= 15 is 9.59 Å². The van der Waals surface area contributed by atoms with E-state index < -0.39 is 11.1 Å².